The van der Waals surface area contributed by atoms with E-state index in [0.29, 0.717) is 17.2 Å². The van der Waals surface area contributed by atoms with Crippen LogP contribution >= 0.6 is 0 Å². The van der Waals surface area contributed by atoms with E-state index in [4.69, 9.17) is 14.2 Å². The summed E-state index contributed by atoms with van der Waals surface area (Å²) in [5.74, 6) is 0.721. The average molecular weight is 317 g/mol. The zero-order valence-electron chi connectivity index (χ0n) is 13.1. The van der Waals surface area contributed by atoms with Gasteiger partial charge in [-0.3, -0.25) is 9.59 Å². The van der Waals surface area contributed by atoms with E-state index in [1.165, 1.54) is 0 Å². The van der Waals surface area contributed by atoms with Crippen molar-refractivity contribution in [2.24, 2.45) is 23.7 Å². The quantitative estimate of drug-likeness (QED) is 0.858. The van der Waals surface area contributed by atoms with Crippen LogP contribution in [-0.2, 0) is 14.3 Å². The lowest BCUT2D eigenvalue weighted by molar-refractivity contribution is -0.145. The molecule has 1 N–H and O–H groups in total. The highest BCUT2D eigenvalue weighted by molar-refractivity contribution is 5.98. The highest BCUT2D eigenvalue weighted by atomic mass is 16.6. The van der Waals surface area contributed by atoms with Crippen LogP contribution in [0, 0.1) is 23.7 Å². The number of esters is 1. The lowest BCUT2D eigenvalue weighted by Crippen LogP contribution is -2.35. The normalized spacial score (nSPS) is 33.5. The molecule has 6 heteroatoms. The second kappa shape index (κ2) is 5.15. The largest absolute Gasteiger partial charge is 0.497 e. The van der Waals surface area contributed by atoms with Gasteiger partial charge in [-0.1, -0.05) is 0 Å². The Balaban J connectivity index is 1.58. The van der Waals surface area contributed by atoms with E-state index in [0.717, 1.165) is 12.8 Å². The standard InChI is InChI=1S/C17H19NO5/c1-21-9-3-4-12(22-2)11(7-9)18-16(19)14-8-5-10-13(6-8)23-17(20)15(10)14/h3-4,7-8,10,13-15H,5-6H2,1-2H3,(H,18,19)/t8-,10-,13+,14-,15-/m0/s1. The van der Waals surface area contributed by atoms with Crippen LogP contribution in [0.3, 0.4) is 0 Å². The molecule has 1 aromatic carbocycles. The maximum Gasteiger partial charge on any atom is 0.310 e. The van der Waals surface area contributed by atoms with E-state index < -0.39 is 0 Å². The van der Waals surface area contributed by atoms with Crippen LogP contribution in [0.25, 0.3) is 0 Å². The zero-order chi connectivity index (χ0) is 16.1. The maximum absolute atomic E-state index is 12.8. The fourth-order valence-electron chi connectivity index (χ4n) is 4.49. The van der Waals surface area contributed by atoms with Crippen molar-refractivity contribution < 1.29 is 23.8 Å². The third-order valence-corrected chi connectivity index (χ3v) is 5.45. The van der Waals surface area contributed by atoms with Gasteiger partial charge in [0.05, 0.1) is 31.7 Å². The number of rotatable bonds is 4. The molecule has 1 saturated heterocycles. The number of fused-ring (bicyclic) bond motifs is 1. The number of amides is 1. The smallest absolute Gasteiger partial charge is 0.310 e. The van der Waals surface area contributed by atoms with E-state index in [9.17, 15) is 9.59 Å². The van der Waals surface area contributed by atoms with E-state index in [1.54, 1.807) is 32.4 Å². The molecule has 122 valence electrons. The molecule has 6 nitrogen and oxygen atoms in total. The minimum Gasteiger partial charge on any atom is -0.497 e. The Morgan fingerprint density at radius 2 is 2.09 bits per heavy atom. The number of anilines is 1. The number of hydrogen-bond donors (Lipinski definition) is 1. The van der Waals surface area contributed by atoms with Gasteiger partial charge in [-0.15, -0.1) is 0 Å². The zero-order valence-corrected chi connectivity index (χ0v) is 13.1. The van der Waals surface area contributed by atoms with Crippen LogP contribution in [0.2, 0.25) is 0 Å². The maximum atomic E-state index is 12.8. The molecule has 23 heavy (non-hydrogen) atoms. The highest BCUT2D eigenvalue weighted by Crippen LogP contribution is 2.57. The SMILES string of the molecule is COc1ccc(OC)c(NC(=O)[C@H]2[C@H]3C[C@@H]4[C@@H]2C(=O)O[C@@H]4C3)c1. The number of hydrogen-bond acceptors (Lipinski definition) is 5. The summed E-state index contributed by atoms with van der Waals surface area (Å²) in [5, 5.41) is 2.91. The van der Waals surface area contributed by atoms with Crippen molar-refractivity contribution in [3.8, 4) is 11.5 Å². The van der Waals surface area contributed by atoms with E-state index >= 15 is 0 Å². The van der Waals surface area contributed by atoms with Gasteiger partial charge < -0.3 is 19.5 Å². The number of methoxy groups -OCH3 is 2. The molecule has 4 rings (SSSR count). The molecule has 1 amide bonds. The first kappa shape index (κ1) is 14.4. The molecule has 1 aromatic rings. The molecule has 3 fully saturated rings. The lowest BCUT2D eigenvalue weighted by atomic mass is 9.79. The van der Waals surface area contributed by atoms with Gasteiger partial charge in [0.15, 0.2) is 0 Å². The van der Waals surface area contributed by atoms with Crippen molar-refractivity contribution in [2.45, 2.75) is 18.9 Å². The van der Waals surface area contributed by atoms with Gasteiger partial charge in [-0.25, -0.2) is 0 Å². The molecule has 2 aliphatic carbocycles. The van der Waals surface area contributed by atoms with Gasteiger partial charge >= 0.3 is 5.97 Å². The molecule has 0 unspecified atom stereocenters. The van der Waals surface area contributed by atoms with Crippen LogP contribution in [0.1, 0.15) is 12.8 Å². The Morgan fingerprint density at radius 3 is 2.83 bits per heavy atom. The van der Waals surface area contributed by atoms with Gasteiger partial charge in [0, 0.05) is 12.0 Å². The van der Waals surface area contributed by atoms with Gasteiger partial charge in [-0.05, 0) is 30.9 Å². The van der Waals surface area contributed by atoms with Crippen molar-refractivity contribution in [1.82, 2.24) is 0 Å². The number of nitrogens with one attached hydrogen (secondary N) is 1. The van der Waals surface area contributed by atoms with Gasteiger partial charge in [0.25, 0.3) is 0 Å². The monoisotopic (exact) mass is 317 g/mol. The number of ether oxygens (including phenoxy) is 3. The summed E-state index contributed by atoms with van der Waals surface area (Å²) < 4.78 is 15.9. The first-order valence-corrected chi connectivity index (χ1v) is 7.85. The second-order valence-electron chi connectivity index (χ2n) is 6.48. The molecule has 2 saturated carbocycles. The van der Waals surface area contributed by atoms with Crippen molar-refractivity contribution in [1.29, 1.82) is 0 Å². The first-order valence-electron chi connectivity index (χ1n) is 7.85. The average Bonchev–Trinajstić information content (AvgIpc) is 3.16. The fraction of sp³-hybridized carbons (Fsp3) is 0.529. The Labute approximate surface area is 134 Å². The van der Waals surface area contributed by atoms with E-state index in [1.807, 2.05) is 0 Å². The molecule has 0 radical (unpaired) electrons. The number of carbonyl (C=O) groups is 2. The number of benzene rings is 1. The van der Waals surface area contributed by atoms with Crippen molar-refractivity contribution in [3.63, 3.8) is 0 Å². The summed E-state index contributed by atoms with van der Waals surface area (Å²) in [6, 6.07) is 5.24. The molecular formula is C17H19NO5. The third kappa shape index (κ3) is 2.08. The Bertz CT molecular complexity index is 671. The van der Waals surface area contributed by atoms with Crippen LogP contribution in [-0.4, -0.2) is 32.2 Å². The minimum absolute atomic E-state index is 0.0351. The van der Waals surface area contributed by atoms with Crippen molar-refractivity contribution >= 4 is 17.6 Å². The summed E-state index contributed by atoms with van der Waals surface area (Å²) in [7, 11) is 3.12. The summed E-state index contributed by atoms with van der Waals surface area (Å²) in [6.07, 6.45) is 1.75. The molecule has 1 heterocycles. The summed E-state index contributed by atoms with van der Waals surface area (Å²) in [6.45, 7) is 0. The Kier molecular flexibility index (Phi) is 3.21. The van der Waals surface area contributed by atoms with Crippen molar-refractivity contribution in [2.75, 3.05) is 19.5 Å². The van der Waals surface area contributed by atoms with E-state index in [-0.39, 0.29) is 41.7 Å². The molecule has 2 bridgehead atoms. The van der Waals surface area contributed by atoms with Crippen LogP contribution in [0.4, 0.5) is 5.69 Å². The van der Waals surface area contributed by atoms with Crippen molar-refractivity contribution in [3.05, 3.63) is 18.2 Å². The molecule has 0 aromatic heterocycles. The van der Waals surface area contributed by atoms with Crippen LogP contribution < -0.4 is 14.8 Å². The molecular weight excluding hydrogens is 298 g/mol. The topological polar surface area (TPSA) is 73.9 Å². The fourth-order valence-corrected chi connectivity index (χ4v) is 4.49. The lowest BCUT2D eigenvalue weighted by Gasteiger charge is -2.24. The summed E-state index contributed by atoms with van der Waals surface area (Å²) in [5.41, 5.74) is 0.558. The predicted molar refractivity (Wildman–Crippen MR) is 81.2 cm³/mol. The van der Waals surface area contributed by atoms with E-state index in [2.05, 4.69) is 5.32 Å². The van der Waals surface area contributed by atoms with Gasteiger partial charge in [-0.2, -0.15) is 0 Å². The second-order valence-corrected chi connectivity index (χ2v) is 6.48. The van der Waals surface area contributed by atoms with Crippen LogP contribution in [0.5, 0.6) is 11.5 Å². The van der Waals surface area contributed by atoms with Crippen LogP contribution in [0.15, 0.2) is 18.2 Å². The predicted octanol–water partition coefficient (Wildman–Crippen LogP) is 1.84. The number of carbonyl (C=O) groups excluding carboxylic acids is 2. The molecule has 5 atom stereocenters. The minimum atomic E-state index is -0.304. The van der Waals surface area contributed by atoms with Gasteiger partial charge in [0.2, 0.25) is 5.91 Å². The summed E-state index contributed by atoms with van der Waals surface area (Å²) in [4.78, 5) is 24.8. The molecule has 1 aliphatic heterocycles. The third-order valence-electron chi connectivity index (χ3n) is 5.45. The Hall–Kier alpha value is -2.24. The molecule has 0 spiro atoms. The van der Waals surface area contributed by atoms with Gasteiger partial charge in [0.1, 0.15) is 17.6 Å². The molecule has 3 aliphatic rings. The summed E-state index contributed by atoms with van der Waals surface area (Å²) >= 11 is 0. The highest BCUT2D eigenvalue weighted by Gasteiger charge is 2.63. The first-order chi connectivity index (χ1) is 11.1. The Morgan fingerprint density at radius 1 is 1.26 bits per heavy atom.